The number of aryl methyl sites for hydroxylation is 1. The van der Waals surface area contributed by atoms with Gasteiger partial charge in [-0.05, 0) is 18.4 Å². The lowest BCUT2D eigenvalue weighted by atomic mass is 10.1. The Balaban J connectivity index is 1.73. The Bertz CT molecular complexity index is 618. The summed E-state index contributed by atoms with van der Waals surface area (Å²) in [5.41, 5.74) is 1.88. The molecule has 0 spiro atoms. The Labute approximate surface area is 130 Å². The molecule has 116 valence electrons. The first-order valence-electron chi connectivity index (χ1n) is 7.65. The van der Waals surface area contributed by atoms with Crippen LogP contribution in [0.4, 0.5) is 0 Å². The molecule has 2 heterocycles. The molecule has 1 aliphatic rings. The number of amides is 1. The van der Waals surface area contributed by atoms with Crippen LogP contribution in [0.15, 0.2) is 42.7 Å². The molecule has 1 saturated heterocycles. The van der Waals surface area contributed by atoms with E-state index < -0.39 is 0 Å². The van der Waals surface area contributed by atoms with Gasteiger partial charge in [0.1, 0.15) is 0 Å². The van der Waals surface area contributed by atoms with Crippen molar-refractivity contribution in [2.45, 2.75) is 18.9 Å². The third kappa shape index (κ3) is 3.36. The Kier molecular flexibility index (Phi) is 4.53. The van der Waals surface area contributed by atoms with Gasteiger partial charge >= 0.3 is 0 Å². The van der Waals surface area contributed by atoms with Crippen LogP contribution in [0, 0.1) is 0 Å². The molecular weight excluding hydrogens is 278 g/mol. The second-order valence-electron chi connectivity index (χ2n) is 5.65. The van der Waals surface area contributed by atoms with E-state index in [0.29, 0.717) is 18.7 Å². The van der Waals surface area contributed by atoms with Crippen LogP contribution in [0.3, 0.4) is 0 Å². The molecule has 1 aromatic heterocycles. The average molecular weight is 299 g/mol. The zero-order valence-corrected chi connectivity index (χ0v) is 12.8. The van der Waals surface area contributed by atoms with Crippen LogP contribution in [0.25, 0.3) is 0 Å². The number of hydrogen-bond donors (Lipinski definition) is 0. The lowest BCUT2D eigenvalue weighted by Crippen LogP contribution is -2.42. The van der Waals surface area contributed by atoms with Crippen LogP contribution in [0.5, 0.6) is 0 Å². The first-order valence-corrected chi connectivity index (χ1v) is 7.65. The van der Waals surface area contributed by atoms with Crippen molar-refractivity contribution in [3.63, 3.8) is 0 Å². The maximum atomic E-state index is 12.8. The molecule has 1 aliphatic heterocycles. The molecule has 1 amide bonds. The van der Waals surface area contributed by atoms with Crippen molar-refractivity contribution in [2.75, 3.05) is 19.8 Å². The van der Waals surface area contributed by atoms with Crippen molar-refractivity contribution in [1.82, 2.24) is 14.7 Å². The smallest absolute Gasteiger partial charge is 0.257 e. The molecule has 0 N–H and O–H groups in total. The Morgan fingerprint density at radius 2 is 2.23 bits per heavy atom. The van der Waals surface area contributed by atoms with E-state index in [0.717, 1.165) is 19.4 Å². The van der Waals surface area contributed by atoms with E-state index in [1.165, 1.54) is 5.56 Å². The van der Waals surface area contributed by atoms with Gasteiger partial charge < -0.3 is 9.64 Å². The van der Waals surface area contributed by atoms with Crippen molar-refractivity contribution in [3.8, 4) is 0 Å². The highest BCUT2D eigenvalue weighted by molar-refractivity contribution is 5.94. The number of carbonyl (C=O) groups is 1. The third-order valence-electron chi connectivity index (χ3n) is 4.04. The zero-order chi connectivity index (χ0) is 15.4. The minimum absolute atomic E-state index is 0.0412. The minimum Gasteiger partial charge on any atom is -0.379 e. The molecule has 3 rings (SSSR count). The van der Waals surface area contributed by atoms with Crippen molar-refractivity contribution in [3.05, 3.63) is 53.9 Å². The first kappa shape index (κ1) is 14.8. The van der Waals surface area contributed by atoms with E-state index in [1.54, 1.807) is 17.1 Å². The van der Waals surface area contributed by atoms with Gasteiger partial charge in [0, 0.05) is 26.4 Å². The van der Waals surface area contributed by atoms with Gasteiger partial charge in [-0.2, -0.15) is 5.10 Å². The maximum Gasteiger partial charge on any atom is 0.257 e. The van der Waals surface area contributed by atoms with Crippen molar-refractivity contribution >= 4 is 5.91 Å². The Morgan fingerprint density at radius 1 is 1.41 bits per heavy atom. The fourth-order valence-electron chi connectivity index (χ4n) is 2.81. The predicted molar refractivity (Wildman–Crippen MR) is 83.6 cm³/mol. The van der Waals surface area contributed by atoms with E-state index in [4.69, 9.17) is 4.74 Å². The Hall–Kier alpha value is -2.14. The summed E-state index contributed by atoms with van der Waals surface area (Å²) in [4.78, 5) is 14.7. The molecular formula is C17H21N3O2. The molecule has 0 saturated carbocycles. The van der Waals surface area contributed by atoms with Gasteiger partial charge in [-0.25, -0.2) is 0 Å². The van der Waals surface area contributed by atoms with Gasteiger partial charge in [-0.1, -0.05) is 30.3 Å². The fraction of sp³-hybridized carbons (Fsp3) is 0.412. The van der Waals surface area contributed by atoms with Crippen LogP contribution in [0.2, 0.25) is 0 Å². The number of ether oxygens (including phenoxy) is 1. The number of hydrogen-bond acceptors (Lipinski definition) is 3. The highest BCUT2D eigenvalue weighted by Crippen LogP contribution is 2.17. The van der Waals surface area contributed by atoms with Crippen LogP contribution in [-0.2, 0) is 18.2 Å². The van der Waals surface area contributed by atoms with Gasteiger partial charge in [-0.15, -0.1) is 0 Å². The number of aromatic nitrogens is 2. The molecule has 22 heavy (non-hydrogen) atoms. The summed E-state index contributed by atoms with van der Waals surface area (Å²) in [6.45, 7) is 2.05. The average Bonchev–Trinajstić information content (AvgIpc) is 3.20. The number of benzene rings is 1. The quantitative estimate of drug-likeness (QED) is 0.847. The summed E-state index contributed by atoms with van der Waals surface area (Å²) < 4.78 is 7.13. The van der Waals surface area contributed by atoms with Crippen LogP contribution in [0.1, 0.15) is 22.3 Å². The molecule has 1 aromatic carbocycles. The van der Waals surface area contributed by atoms with Crippen LogP contribution >= 0.6 is 0 Å². The molecule has 5 nitrogen and oxygen atoms in total. The molecule has 0 bridgehead atoms. The highest BCUT2D eigenvalue weighted by atomic mass is 16.5. The van der Waals surface area contributed by atoms with Crippen molar-refractivity contribution in [2.24, 2.45) is 7.05 Å². The van der Waals surface area contributed by atoms with E-state index in [9.17, 15) is 4.79 Å². The zero-order valence-electron chi connectivity index (χ0n) is 12.8. The van der Waals surface area contributed by atoms with E-state index in [2.05, 4.69) is 17.2 Å². The number of rotatable bonds is 5. The number of nitrogens with zero attached hydrogens (tertiary/aromatic N) is 3. The van der Waals surface area contributed by atoms with E-state index >= 15 is 0 Å². The SMILES string of the molecule is Cn1cc(C(=O)N(CCc2ccccc2)[C@@H]2CCOC2)cn1. The molecule has 0 aliphatic carbocycles. The molecule has 0 unspecified atom stereocenters. The Morgan fingerprint density at radius 3 is 2.86 bits per heavy atom. The van der Waals surface area contributed by atoms with Crippen LogP contribution in [-0.4, -0.2) is 46.4 Å². The van der Waals surface area contributed by atoms with Gasteiger partial charge in [-0.3, -0.25) is 9.48 Å². The monoisotopic (exact) mass is 299 g/mol. The van der Waals surface area contributed by atoms with Crippen LogP contribution < -0.4 is 0 Å². The first-order chi connectivity index (χ1) is 10.7. The maximum absolute atomic E-state index is 12.8. The van der Waals surface area contributed by atoms with Gasteiger partial charge in [0.2, 0.25) is 0 Å². The van der Waals surface area contributed by atoms with Gasteiger partial charge in [0.25, 0.3) is 5.91 Å². The molecule has 1 atom stereocenters. The largest absolute Gasteiger partial charge is 0.379 e. The topological polar surface area (TPSA) is 47.4 Å². The summed E-state index contributed by atoms with van der Waals surface area (Å²) in [5, 5.41) is 4.10. The summed E-state index contributed by atoms with van der Waals surface area (Å²) in [5.74, 6) is 0.0412. The summed E-state index contributed by atoms with van der Waals surface area (Å²) in [6, 6.07) is 10.4. The lowest BCUT2D eigenvalue weighted by molar-refractivity contribution is 0.0656. The predicted octanol–water partition coefficient (Wildman–Crippen LogP) is 1.89. The summed E-state index contributed by atoms with van der Waals surface area (Å²) >= 11 is 0. The fourth-order valence-corrected chi connectivity index (χ4v) is 2.81. The standard InChI is InChI=1S/C17H21N3O2/c1-19-12-15(11-18-19)17(21)20(16-8-10-22-13-16)9-7-14-5-3-2-4-6-14/h2-6,11-12,16H,7-10,13H2,1H3/t16-/m1/s1. The van der Waals surface area contributed by atoms with Crippen molar-refractivity contribution < 1.29 is 9.53 Å². The van der Waals surface area contributed by atoms with Gasteiger partial charge in [0.15, 0.2) is 0 Å². The third-order valence-corrected chi connectivity index (χ3v) is 4.04. The molecule has 0 radical (unpaired) electrons. The van der Waals surface area contributed by atoms with Crippen molar-refractivity contribution in [1.29, 1.82) is 0 Å². The van der Waals surface area contributed by atoms with E-state index in [1.807, 2.05) is 30.1 Å². The normalized spacial score (nSPS) is 17.6. The van der Waals surface area contributed by atoms with E-state index in [-0.39, 0.29) is 11.9 Å². The second kappa shape index (κ2) is 6.75. The minimum atomic E-state index is 0.0412. The van der Waals surface area contributed by atoms with Gasteiger partial charge in [0.05, 0.1) is 24.4 Å². The molecule has 1 fully saturated rings. The molecule has 5 heteroatoms. The summed E-state index contributed by atoms with van der Waals surface area (Å²) in [6.07, 6.45) is 5.16. The second-order valence-corrected chi connectivity index (χ2v) is 5.65. The summed E-state index contributed by atoms with van der Waals surface area (Å²) in [7, 11) is 1.82. The number of carbonyl (C=O) groups excluding carboxylic acids is 1. The lowest BCUT2D eigenvalue weighted by Gasteiger charge is -2.27. The molecule has 2 aromatic rings. The highest BCUT2D eigenvalue weighted by Gasteiger charge is 2.28.